The number of urea groups is 1. The van der Waals surface area contributed by atoms with E-state index in [0.29, 0.717) is 65.1 Å². The van der Waals surface area contributed by atoms with Crippen molar-refractivity contribution in [2.24, 2.45) is 0 Å². The molecule has 3 N–H and O–H groups in total. The van der Waals surface area contributed by atoms with Gasteiger partial charge in [-0.2, -0.15) is 0 Å². The third kappa shape index (κ3) is 7.15. The molecule has 1 unspecified atom stereocenters. The highest BCUT2D eigenvalue weighted by atomic mass is 16.5. The minimum atomic E-state index is -1.08. The number of carbonyl (C=O) groups excluding carboxylic acids is 4. The maximum absolute atomic E-state index is 13.5. The van der Waals surface area contributed by atoms with Crippen LogP contribution in [0.25, 0.3) is 0 Å². The molecule has 1 aliphatic carbocycles. The van der Waals surface area contributed by atoms with Gasteiger partial charge in [-0.25, -0.2) is 4.79 Å². The fraction of sp³-hybridized carbons (Fsp3) is 0.833. The highest BCUT2D eigenvalue weighted by Crippen LogP contribution is 2.29. The molecule has 0 aromatic rings. The van der Waals surface area contributed by atoms with E-state index in [1.54, 1.807) is 4.90 Å². The number of hydrogen-bond donors (Lipinski definition) is 3. The second kappa shape index (κ2) is 13.0. The van der Waals surface area contributed by atoms with Gasteiger partial charge >= 0.3 is 6.03 Å². The van der Waals surface area contributed by atoms with Crippen molar-refractivity contribution in [2.75, 3.05) is 39.5 Å². The summed E-state index contributed by atoms with van der Waals surface area (Å²) in [6.07, 6.45) is 7.27. The Hall–Kier alpha value is -2.20. The molecule has 2 heterocycles. The van der Waals surface area contributed by atoms with Gasteiger partial charge in [0.1, 0.15) is 5.54 Å². The Morgan fingerprint density at radius 1 is 1.03 bits per heavy atom. The second-order valence-electron chi connectivity index (χ2n) is 9.55. The van der Waals surface area contributed by atoms with Crippen molar-refractivity contribution < 1.29 is 28.7 Å². The summed E-state index contributed by atoms with van der Waals surface area (Å²) in [6.45, 7) is 4.85. The van der Waals surface area contributed by atoms with Gasteiger partial charge < -0.3 is 30.3 Å². The molecule has 10 nitrogen and oxygen atoms in total. The molecule has 0 bridgehead atoms. The number of nitrogens with one attached hydrogen (secondary N) is 3. The number of morpholine rings is 1. The summed E-state index contributed by atoms with van der Waals surface area (Å²) in [7, 11) is 0. The van der Waals surface area contributed by atoms with Gasteiger partial charge in [0, 0.05) is 26.2 Å². The molecular formula is C24H40N4O6. The van der Waals surface area contributed by atoms with Gasteiger partial charge in [-0.15, -0.1) is 0 Å². The van der Waals surface area contributed by atoms with E-state index < -0.39 is 23.3 Å². The average molecular weight is 481 g/mol. The summed E-state index contributed by atoms with van der Waals surface area (Å²) in [6, 6.07) is -1.21. The van der Waals surface area contributed by atoms with Crippen LogP contribution in [0.3, 0.4) is 0 Å². The lowest BCUT2D eigenvalue weighted by Crippen LogP contribution is -2.64. The summed E-state index contributed by atoms with van der Waals surface area (Å²) >= 11 is 0. The van der Waals surface area contributed by atoms with E-state index in [1.807, 2.05) is 6.92 Å². The number of rotatable bonds is 10. The van der Waals surface area contributed by atoms with Crippen molar-refractivity contribution in [3.05, 3.63) is 0 Å². The molecule has 10 heteroatoms. The largest absolute Gasteiger partial charge is 0.378 e. The SMILES string of the molecule is CCCC[C@H](NC(=O)C1(NC(=O)N2CCOCC2)CCCCC1)C(=O)C(=O)NCC1CCCO1. The van der Waals surface area contributed by atoms with E-state index in [0.717, 1.165) is 38.5 Å². The lowest BCUT2D eigenvalue weighted by molar-refractivity contribution is -0.141. The van der Waals surface area contributed by atoms with E-state index in [1.165, 1.54) is 0 Å². The van der Waals surface area contributed by atoms with Crippen LogP contribution in [0.5, 0.6) is 0 Å². The first kappa shape index (κ1) is 26.4. The molecule has 4 amide bonds. The highest BCUT2D eigenvalue weighted by Gasteiger charge is 2.43. The van der Waals surface area contributed by atoms with Crippen LogP contribution in [0, 0.1) is 0 Å². The van der Waals surface area contributed by atoms with Crippen LogP contribution in [0.2, 0.25) is 0 Å². The van der Waals surface area contributed by atoms with E-state index in [2.05, 4.69) is 16.0 Å². The van der Waals surface area contributed by atoms with E-state index in [4.69, 9.17) is 9.47 Å². The summed E-state index contributed by atoms with van der Waals surface area (Å²) in [5.41, 5.74) is -1.08. The fourth-order valence-electron chi connectivity index (χ4n) is 4.85. The molecule has 3 aliphatic rings. The van der Waals surface area contributed by atoms with Gasteiger partial charge in [-0.3, -0.25) is 14.4 Å². The molecule has 3 fully saturated rings. The van der Waals surface area contributed by atoms with Gasteiger partial charge in [0.2, 0.25) is 11.7 Å². The summed E-state index contributed by atoms with van der Waals surface area (Å²) in [5.74, 6) is -1.73. The molecule has 0 radical (unpaired) electrons. The van der Waals surface area contributed by atoms with Crippen molar-refractivity contribution in [3.63, 3.8) is 0 Å². The number of hydrogen-bond acceptors (Lipinski definition) is 6. The number of carbonyl (C=O) groups is 4. The number of ether oxygens (including phenoxy) is 2. The maximum atomic E-state index is 13.5. The molecular weight excluding hydrogens is 440 g/mol. The van der Waals surface area contributed by atoms with Crippen LogP contribution in [0.1, 0.15) is 71.1 Å². The van der Waals surface area contributed by atoms with Crippen molar-refractivity contribution in [1.29, 1.82) is 0 Å². The van der Waals surface area contributed by atoms with E-state index in [9.17, 15) is 19.2 Å². The number of amides is 4. The smallest absolute Gasteiger partial charge is 0.318 e. The van der Waals surface area contributed by atoms with Gasteiger partial charge in [-0.1, -0.05) is 39.0 Å². The molecule has 1 saturated carbocycles. The first-order valence-electron chi connectivity index (χ1n) is 12.8. The molecule has 0 aromatic carbocycles. The predicted octanol–water partition coefficient (Wildman–Crippen LogP) is 1.27. The Labute approximate surface area is 201 Å². The minimum absolute atomic E-state index is 0.0682. The number of unbranched alkanes of at least 4 members (excludes halogenated alkanes) is 1. The molecule has 2 atom stereocenters. The zero-order valence-electron chi connectivity index (χ0n) is 20.4. The molecule has 3 rings (SSSR count). The zero-order chi connectivity index (χ0) is 24.4. The number of nitrogens with zero attached hydrogens (tertiary/aromatic N) is 1. The van der Waals surface area contributed by atoms with Gasteiger partial charge in [0.05, 0.1) is 25.4 Å². The van der Waals surface area contributed by atoms with Crippen molar-refractivity contribution in [2.45, 2.75) is 88.8 Å². The zero-order valence-corrected chi connectivity index (χ0v) is 20.4. The third-order valence-corrected chi connectivity index (χ3v) is 6.99. The molecule has 192 valence electrons. The molecule has 2 saturated heterocycles. The Morgan fingerprint density at radius 2 is 1.76 bits per heavy atom. The minimum Gasteiger partial charge on any atom is -0.378 e. The van der Waals surface area contributed by atoms with Crippen molar-refractivity contribution in [3.8, 4) is 0 Å². The summed E-state index contributed by atoms with van der Waals surface area (Å²) in [4.78, 5) is 53.7. The Kier molecular flexibility index (Phi) is 10.1. The quantitative estimate of drug-likeness (QED) is 0.404. The van der Waals surface area contributed by atoms with Gasteiger partial charge in [0.15, 0.2) is 0 Å². The molecule has 0 aromatic heterocycles. The normalized spacial score (nSPS) is 23.1. The lowest BCUT2D eigenvalue weighted by Gasteiger charge is -2.39. The molecule has 0 spiro atoms. The van der Waals surface area contributed by atoms with E-state index in [-0.39, 0.29) is 18.0 Å². The number of ketones is 1. The van der Waals surface area contributed by atoms with Crippen LogP contribution in [-0.4, -0.2) is 85.7 Å². The van der Waals surface area contributed by atoms with Crippen LogP contribution in [0.4, 0.5) is 4.79 Å². The first-order chi connectivity index (χ1) is 16.4. The topological polar surface area (TPSA) is 126 Å². The van der Waals surface area contributed by atoms with Gasteiger partial charge in [-0.05, 0) is 32.1 Å². The molecule has 2 aliphatic heterocycles. The van der Waals surface area contributed by atoms with Crippen LogP contribution < -0.4 is 16.0 Å². The van der Waals surface area contributed by atoms with Gasteiger partial charge in [0.25, 0.3) is 5.91 Å². The van der Waals surface area contributed by atoms with E-state index >= 15 is 0 Å². The molecule has 34 heavy (non-hydrogen) atoms. The third-order valence-electron chi connectivity index (χ3n) is 6.99. The standard InChI is InChI=1S/C24H40N4O6/c1-2-3-9-19(20(29)21(30)25-17-18-8-7-14-34-18)26-22(31)24(10-5-4-6-11-24)27-23(32)28-12-15-33-16-13-28/h18-19H,2-17H2,1H3,(H,25,30)(H,26,31)(H,27,32)/t18?,19-/m0/s1. The van der Waals surface area contributed by atoms with Crippen molar-refractivity contribution >= 4 is 23.6 Å². The summed E-state index contributed by atoms with van der Waals surface area (Å²) in [5, 5.41) is 8.49. The number of Topliss-reactive ketones (excluding diaryl/α,β-unsaturated/α-hetero) is 1. The van der Waals surface area contributed by atoms with Crippen LogP contribution in [-0.2, 0) is 23.9 Å². The monoisotopic (exact) mass is 480 g/mol. The highest BCUT2D eigenvalue weighted by molar-refractivity contribution is 6.38. The fourth-order valence-corrected chi connectivity index (χ4v) is 4.85. The Morgan fingerprint density at radius 3 is 2.41 bits per heavy atom. The Balaban J connectivity index is 1.65. The predicted molar refractivity (Wildman–Crippen MR) is 125 cm³/mol. The van der Waals surface area contributed by atoms with Crippen LogP contribution in [0.15, 0.2) is 0 Å². The first-order valence-corrected chi connectivity index (χ1v) is 12.8. The lowest BCUT2D eigenvalue weighted by atomic mass is 9.80. The second-order valence-corrected chi connectivity index (χ2v) is 9.55. The van der Waals surface area contributed by atoms with Crippen molar-refractivity contribution in [1.82, 2.24) is 20.9 Å². The van der Waals surface area contributed by atoms with Crippen LogP contribution >= 0.6 is 0 Å². The maximum Gasteiger partial charge on any atom is 0.318 e. The average Bonchev–Trinajstić information content (AvgIpc) is 3.39. The Bertz CT molecular complexity index is 712. The summed E-state index contributed by atoms with van der Waals surface area (Å²) < 4.78 is 10.8.